The van der Waals surface area contributed by atoms with Crippen molar-refractivity contribution in [2.75, 3.05) is 6.61 Å². The predicted octanol–water partition coefficient (Wildman–Crippen LogP) is 2.35. The van der Waals surface area contributed by atoms with Gasteiger partial charge in [0.1, 0.15) is 0 Å². The van der Waals surface area contributed by atoms with E-state index in [1.54, 1.807) is 0 Å². The fraction of sp³-hybridized carbons (Fsp3) is 0.417. The molecule has 2 rings (SSSR count). The van der Waals surface area contributed by atoms with Gasteiger partial charge in [0, 0.05) is 5.92 Å². The van der Waals surface area contributed by atoms with Crippen LogP contribution in [0.15, 0.2) is 30.3 Å². The molecule has 0 N–H and O–H groups in total. The van der Waals surface area contributed by atoms with E-state index in [0.717, 1.165) is 0 Å². The zero-order chi connectivity index (χ0) is 9.97. The molecule has 2 heteroatoms. The summed E-state index contributed by atoms with van der Waals surface area (Å²) < 4.78 is 5.00. The van der Waals surface area contributed by atoms with Crippen molar-refractivity contribution < 1.29 is 9.53 Å². The summed E-state index contributed by atoms with van der Waals surface area (Å²) in [6.07, 6.45) is 0.519. The van der Waals surface area contributed by atoms with Crippen molar-refractivity contribution in [3.05, 3.63) is 35.9 Å². The third-order valence-corrected chi connectivity index (χ3v) is 2.81. The Morgan fingerprint density at radius 3 is 2.71 bits per heavy atom. The number of carbonyl (C=O) groups excluding carboxylic acids is 1. The van der Waals surface area contributed by atoms with Crippen molar-refractivity contribution in [3.8, 4) is 0 Å². The summed E-state index contributed by atoms with van der Waals surface area (Å²) in [6.45, 7) is 2.68. The fourth-order valence-corrected chi connectivity index (χ4v) is 1.93. The molecule has 0 spiro atoms. The third-order valence-electron chi connectivity index (χ3n) is 2.81. The number of esters is 1. The van der Waals surface area contributed by atoms with Crippen LogP contribution < -0.4 is 0 Å². The molecule has 74 valence electrons. The smallest absolute Gasteiger partial charge is 0.306 e. The van der Waals surface area contributed by atoms with Gasteiger partial charge in [-0.05, 0) is 11.5 Å². The second-order valence-electron chi connectivity index (χ2n) is 3.88. The lowest BCUT2D eigenvalue weighted by molar-refractivity contribution is -0.150. The minimum absolute atomic E-state index is 0.0723. The summed E-state index contributed by atoms with van der Waals surface area (Å²) in [5, 5.41) is 0. The van der Waals surface area contributed by atoms with Crippen LogP contribution in [0.3, 0.4) is 0 Å². The molecule has 1 aliphatic rings. The van der Waals surface area contributed by atoms with Crippen molar-refractivity contribution in [1.82, 2.24) is 0 Å². The molecule has 1 aromatic rings. The van der Waals surface area contributed by atoms with Gasteiger partial charge in [-0.25, -0.2) is 0 Å². The Balaban J connectivity index is 2.20. The molecule has 0 amide bonds. The van der Waals surface area contributed by atoms with Crippen LogP contribution in [0.4, 0.5) is 0 Å². The highest BCUT2D eigenvalue weighted by Gasteiger charge is 2.28. The molecule has 0 saturated carbocycles. The summed E-state index contributed by atoms with van der Waals surface area (Å²) in [6, 6.07) is 10.2. The molecular formula is C12H14O2. The number of cyclic esters (lactones) is 1. The molecule has 2 nitrogen and oxygen atoms in total. The average molecular weight is 190 g/mol. The van der Waals surface area contributed by atoms with E-state index >= 15 is 0 Å². The van der Waals surface area contributed by atoms with Crippen molar-refractivity contribution in [1.29, 1.82) is 0 Å². The molecule has 0 unspecified atom stereocenters. The van der Waals surface area contributed by atoms with Gasteiger partial charge in [0.05, 0.1) is 13.0 Å². The van der Waals surface area contributed by atoms with Crippen LogP contribution >= 0.6 is 0 Å². The Kier molecular flexibility index (Phi) is 2.53. The quantitative estimate of drug-likeness (QED) is 0.635. The predicted molar refractivity (Wildman–Crippen MR) is 53.9 cm³/mol. The largest absolute Gasteiger partial charge is 0.465 e. The topological polar surface area (TPSA) is 26.3 Å². The molecule has 1 heterocycles. The van der Waals surface area contributed by atoms with Gasteiger partial charge >= 0.3 is 5.97 Å². The van der Waals surface area contributed by atoms with Crippen LogP contribution in [0, 0.1) is 5.92 Å². The normalized spacial score (nSPS) is 27.1. The minimum Gasteiger partial charge on any atom is -0.465 e. The Morgan fingerprint density at radius 1 is 1.29 bits per heavy atom. The highest BCUT2D eigenvalue weighted by Crippen LogP contribution is 2.31. The Bertz CT molecular complexity index is 318. The second-order valence-corrected chi connectivity index (χ2v) is 3.88. The fourth-order valence-electron chi connectivity index (χ4n) is 1.93. The van der Waals surface area contributed by atoms with E-state index in [1.165, 1.54) is 5.56 Å². The molecule has 14 heavy (non-hydrogen) atoms. The maximum atomic E-state index is 11.2. The van der Waals surface area contributed by atoms with E-state index in [-0.39, 0.29) is 5.97 Å². The van der Waals surface area contributed by atoms with E-state index in [9.17, 15) is 4.79 Å². The highest BCUT2D eigenvalue weighted by atomic mass is 16.5. The molecule has 1 aliphatic heterocycles. The molecule has 1 aromatic carbocycles. The number of ether oxygens (including phenoxy) is 1. The van der Waals surface area contributed by atoms with Crippen LogP contribution in [0.25, 0.3) is 0 Å². The van der Waals surface area contributed by atoms with Crippen molar-refractivity contribution >= 4 is 5.97 Å². The number of benzene rings is 1. The van der Waals surface area contributed by atoms with Gasteiger partial charge in [0.2, 0.25) is 0 Å². The number of hydrogen-bond donors (Lipinski definition) is 0. The van der Waals surface area contributed by atoms with Crippen LogP contribution in [0.2, 0.25) is 0 Å². The van der Waals surface area contributed by atoms with Crippen LogP contribution in [0.1, 0.15) is 24.8 Å². The number of hydrogen-bond acceptors (Lipinski definition) is 2. The standard InChI is InChI=1S/C12H14O2/c1-9-8-14-12(13)7-11(9)10-5-3-2-4-6-10/h2-6,9,11H,7-8H2,1H3/t9-,11-/m1/s1. The minimum atomic E-state index is -0.0723. The van der Waals surface area contributed by atoms with Crippen LogP contribution in [-0.2, 0) is 9.53 Å². The summed E-state index contributed by atoms with van der Waals surface area (Å²) in [7, 11) is 0. The SMILES string of the molecule is C[C@@H]1COC(=O)C[C@H]1c1ccccc1. The molecule has 1 saturated heterocycles. The van der Waals surface area contributed by atoms with Crippen molar-refractivity contribution in [2.24, 2.45) is 5.92 Å². The first-order valence-electron chi connectivity index (χ1n) is 4.98. The molecule has 1 fully saturated rings. The molecule has 2 atom stereocenters. The third kappa shape index (κ3) is 1.79. The van der Waals surface area contributed by atoms with Gasteiger partial charge in [0.15, 0.2) is 0 Å². The van der Waals surface area contributed by atoms with Crippen molar-refractivity contribution in [3.63, 3.8) is 0 Å². The Hall–Kier alpha value is -1.31. The van der Waals surface area contributed by atoms with Crippen LogP contribution in [0.5, 0.6) is 0 Å². The zero-order valence-electron chi connectivity index (χ0n) is 8.27. The summed E-state index contributed by atoms with van der Waals surface area (Å²) in [4.78, 5) is 11.2. The molecule has 0 aliphatic carbocycles. The molecular weight excluding hydrogens is 176 g/mol. The highest BCUT2D eigenvalue weighted by molar-refractivity contribution is 5.71. The second kappa shape index (κ2) is 3.82. The molecule has 0 aromatic heterocycles. The first kappa shape index (κ1) is 9.25. The van der Waals surface area contributed by atoms with Crippen molar-refractivity contribution in [2.45, 2.75) is 19.3 Å². The van der Waals surface area contributed by atoms with E-state index < -0.39 is 0 Å². The Labute approximate surface area is 83.9 Å². The summed E-state index contributed by atoms with van der Waals surface area (Å²) in [5.41, 5.74) is 1.25. The molecule has 0 bridgehead atoms. The number of carbonyl (C=O) groups is 1. The van der Waals surface area contributed by atoms with Crippen LogP contribution in [-0.4, -0.2) is 12.6 Å². The first-order chi connectivity index (χ1) is 6.77. The lowest BCUT2D eigenvalue weighted by Crippen LogP contribution is -2.27. The van der Waals surface area contributed by atoms with Gasteiger partial charge in [0.25, 0.3) is 0 Å². The monoisotopic (exact) mass is 190 g/mol. The van der Waals surface area contributed by atoms with E-state index in [4.69, 9.17) is 4.74 Å². The molecule has 0 radical (unpaired) electrons. The zero-order valence-corrected chi connectivity index (χ0v) is 8.27. The lowest BCUT2D eigenvalue weighted by atomic mass is 9.84. The van der Waals surface area contributed by atoms with E-state index in [0.29, 0.717) is 24.9 Å². The summed E-state index contributed by atoms with van der Waals surface area (Å²) >= 11 is 0. The maximum absolute atomic E-state index is 11.2. The maximum Gasteiger partial charge on any atom is 0.306 e. The lowest BCUT2D eigenvalue weighted by Gasteiger charge is -2.28. The average Bonchev–Trinajstić information content (AvgIpc) is 2.23. The summed E-state index contributed by atoms with van der Waals surface area (Å²) in [5.74, 6) is 0.685. The van der Waals surface area contributed by atoms with Gasteiger partial charge in [-0.1, -0.05) is 37.3 Å². The van der Waals surface area contributed by atoms with Gasteiger partial charge in [-0.15, -0.1) is 0 Å². The van der Waals surface area contributed by atoms with E-state index in [2.05, 4.69) is 19.1 Å². The number of rotatable bonds is 1. The first-order valence-corrected chi connectivity index (χ1v) is 4.98. The van der Waals surface area contributed by atoms with Gasteiger partial charge < -0.3 is 4.74 Å². The Morgan fingerprint density at radius 2 is 2.00 bits per heavy atom. The van der Waals surface area contributed by atoms with Gasteiger partial charge in [-0.3, -0.25) is 4.79 Å². The van der Waals surface area contributed by atoms with Gasteiger partial charge in [-0.2, -0.15) is 0 Å². The van der Waals surface area contributed by atoms with E-state index in [1.807, 2.05) is 18.2 Å².